The second kappa shape index (κ2) is 4.84. The van der Waals surface area contributed by atoms with Crippen molar-refractivity contribution in [2.45, 2.75) is 44.6 Å². The minimum Gasteiger partial charge on any atom is -0.356 e. The van der Waals surface area contributed by atoms with Crippen molar-refractivity contribution in [1.29, 1.82) is 0 Å². The summed E-state index contributed by atoms with van der Waals surface area (Å²) in [5.41, 5.74) is 8.53. The Kier molecular flexibility index (Phi) is 3.20. The third-order valence-electron chi connectivity index (χ3n) is 4.61. The SMILES string of the molecule is CN(c1ncnc2c1CCC2)C1CCCC1CN. The van der Waals surface area contributed by atoms with E-state index >= 15 is 0 Å². The van der Waals surface area contributed by atoms with Crippen molar-refractivity contribution in [3.05, 3.63) is 17.6 Å². The molecule has 4 heteroatoms. The van der Waals surface area contributed by atoms with Crippen molar-refractivity contribution in [2.75, 3.05) is 18.5 Å². The van der Waals surface area contributed by atoms with Crippen molar-refractivity contribution in [3.63, 3.8) is 0 Å². The van der Waals surface area contributed by atoms with E-state index in [4.69, 9.17) is 5.73 Å². The van der Waals surface area contributed by atoms with Gasteiger partial charge in [0.1, 0.15) is 12.1 Å². The van der Waals surface area contributed by atoms with Gasteiger partial charge in [0, 0.05) is 24.3 Å². The van der Waals surface area contributed by atoms with Gasteiger partial charge in [-0.15, -0.1) is 0 Å². The predicted octanol–water partition coefficient (Wildman–Crippen LogP) is 1.53. The molecule has 1 fully saturated rings. The summed E-state index contributed by atoms with van der Waals surface area (Å²) in [6.45, 7) is 0.794. The van der Waals surface area contributed by atoms with E-state index in [9.17, 15) is 0 Å². The smallest absolute Gasteiger partial charge is 0.135 e. The Balaban J connectivity index is 1.88. The van der Waals surface area contributed by atoms with Crippen molar-refractivity contribution in [1.82, 2.24) is 9.97 Å². The molecule has 0 bridgehead atoms. The van der Waals surface area contributed by atoms with E-state index in [0.29, 0.717) is 12.0 Å². The minimum atomic E-state index is 0.564. The largest absolute Gasteiger partial charge is 0.356 e. The number of aryl methyl sites for hydroxylation is 1. The fourth-order valence-corrected chi connectivity index (χ4v) is 3.61. The van der Waals surface area contributed by atoms with Crippen molar-refractivity contribution >= 4 is 5.82 Å². The van der Waals surface area contributed by atoms with Crippen LogP contribution in [0.15, 0.2) is 6.33 Å². The molecule has 0 saturated heterocycles. The van der Waals surface area contributed by atoms with Gasteiger partial charge in [-0.05, 0) is 44.6 Å². The monoisotopic (exact) mass is 246 g/mol. The fraction of sp³-hybridized carbons (Fsp3) is 0.714. The molecule has 2 N–H and O–H groups in total. The van der Waals surface area contributed by atoms with Crippen LogP contribution in [0.25, 0.3) is 0 Å². The van der Waals surface area contributed by atoms with Crippen molar-refractivity contribution < 1.29 is 0 Å². The fourth-order valence-electron chi connectivity index (χ4n) is 3.61. The molecule has 0 aliphatic heterocycles. The molecule has 2 atom stereocenters. The molecule has 4 nitrogen and oxygen atoms in total. The Bertz CT molecular complexity index is 432. The van der Waals surface area contributed by atoms with Gasteiger partial charge in [-0.3, -0.25) is 0 Å². The molecule has 98 valence electrons. The Morgan fingerprint density at radius 3 is 3.00 bits per heavy atom. The number of rotatable bonds is 3. The van der Waals surface area contributed by atoms with Crippen LogP contribution < -0.4 is 10.6 Å². The van der Waals surface area contributed by atoms with Gasteiger partial charge < -0.3 is 10.6 Å². The van der Waals surface area contributed by atoms with Crippen LogP contribution in [0.2, 0.25) is 0 Å². The number of aromatic nitrogens is 2. The van der Waals surface area contributed by atoms with E-state index in [1.165, 1.54) is 36.9 Å². The molecular formula is C14H22N4. The Labute approximate surface area is 109 Å². The maximum Gasteiger partial charge on any atom is 0.135 e. The number of hydrogen-bond donors (Lipinski definition) is 1. The summed E-state index contributed by atoms with van der Waals surface area (Å²) in [7, 11) is 2.18. The zero-order valence-electron chi connectivity index (χ0n) is 11.1. The summed E-state index contributed by atoms with van der Waals surface area (Å²) < 4.78 is 0. The van der Waals surface area contributed by atoms with E-state index < -0.39 is 0 Å². The predicted molar refractivity (Wildman–Crippen MR) is 72.6 cm³/mol. The normalized spacial score (nSPS) is 26.3. The molecular weight excluding hydrogens is 224 g/mol. The highest BCUT2D eigenvalue weighted by Gasteiger charge is 2.31. The second-order valence-electron chi connectivity index (χ2n) is 5.58. The van der Waals surface area contributed by atoms with Gasteiger partial charge >= 0.3 is 0 Å². The van der Waals surface area contributed by atoms with E-state index in [-0.39, 0.29) is 0 Å². The maximum atomic E-state index is 5.89. The first-order valence-corrected chi connectivity index (χ1v) is 7.07. The highest BCUT2D eigenvalue weighted by atomic mass is 15.2. The lowest BCUT2D eigenvalue weighted by molar-refractivity contribution is 0.471. The number of anilines is 1. The zero-order valence-corrected chi connectivity index (χ0v) is 11.1. The molecule has 1 aromatic heterocycles. The maximum absolute atomic E-state index is 5.89. The van der Waals surface area contributed by atoms with Gasteiger partial charge in [-0.2, -0.15) is 0 Å². The Morgan fingerprint density at radius 1 is 1.28 bits per heavy atom. The number of nitrogens with zero attached hydrogens (tertiary/aromatic N) is 3. The van der Waals surface area contributed by atoms with Gasteiger partial charge in [0.05, 0.1) is 0 Å². The minimum absolute atomic E-state index is 0.564. The molecule has 3 rings (SSSR count). The molecule has 1 aromatic rings. The molecule has 2 aliphatic carbocycles. The van der Waals surface area contributed by atoms with Crippen LogP contribution in [0, 0.1) is 5.92 Å². The number of fused-ring (bicyclic) bond motifs is 1. The second-order valence-corrected chi connectivity index (χ2v) is 5.58. The lowest BCUT2D eigenvalue weighted by Gasteiger charge is -2.31. The average molecular weight is 246 g/mol. The van der Waals surface area contributed by atoms with Crippen molar-refractivity contribution in [3.8, 4) is 0 Å². The summed E-state index contributed by atoms with van der Waals surface area (Å²) in [5.74, 6) is 1.78. The molecule has 2 unspecified atom stereocenters. The van der Waals surface area contributed by atoms with Crippen LogP contribution in [-0.2, 0) is 12.8 Å². The average Bonchev–Trinajstić information content (AvgIpc) is 3.05. The van der Waals surface area contributed by atoms with E-state index in [1.54, 1.807) is 6.33 Å². The topological polar surface area (TPSA) is 55.0 Å². The van der Waals surface area contributed by atoms with Gasteiger partial charge in [-0.1, -0.05) is 6.42 Å². The molecule has 18 heavy (non-hydrogen) atoms. The standard InChI is InChI=1S/C14H22N4/c1-18(13-7-2-4-10(13)8-15)14-11-5-3-6-12(11)16-9-17-14/h9-10,13H,2-8,15H2,1H3. The zero-order chi connectivity index (χ0) is 12.5. The summed E-state index contributed by atoms with van der Waals surface area (Å²) in [6, 6.07) is 0.564. The molecule has 1 heterocycles. The number of nitrogens with two attached hydrogens (primary N) is 1. The molecule has 1 saturated carbocycles. The molecule has 2 aliphatic rings. The van der Waals surface area contributed by atoms with Crippen molar-refractivity contribution in [2.24, 2.45) is 11.7 Å². The number of hydrogen-bond acceptors (Lipinski definition) is 4. The summed E-state index contributed by atoms with van der Waals surface area (Å²) in [6.07, 6.45) is 9.00. The molecule has 0 spiro atoms. The lowest BCUT2D eigenvalue weighted by atomic mass is 10.0. The third-order valence-corrected chi connectivity index (χ3v) is 4.61. The molecule has 0 amide bonds. The van der Waals surface area contributed by atoms with Crippen LogP contribution in [0.3, 0.4) is 0 Å². The third kappa shape index (κ3) is 1.88. The molecule has 0 radical (unpaired) electrons. The lowest BCUT2D eigenvalue weighted by Crippen LogP contribution is -2.38. The Morgan fingerprint density at radius 2 is 2.17 bits per heavy atom. The summed E-state index contributed by atoms with van der Waals surface area (Å²) in [4.78, 5) is 11.3. The Hall–Kier alpha value is -1.16. The first-order chi connectivity index (χ1) is 8.81. The van der Waals surface area contributed by atoms with Gasteiger partial charge in [0.15, 0.2) is 0 Å². The summed E-state index contributed by atoms with van der Waals surface area (Å²) in [5, 5.41) is 0. The summed E-state index contributed by atoms with van der Waals surface area (Å²) >= 11 is 0. The van der Waals surface area contributed by atoms with E-state index in [0.717, 1.165) is 25.2 Å². The van der Waals surface area contributed by atoms with Gasteiger partial charge in [0.2, 0.25) is 0 Å². The van der Waals surface area contributed by atoms with Crippen LogP contribution >= 0.6 is 0 Å². The highest BCUT2D eigenvalue weighted by molar-refractivity contribution is 5.50. The van der Waals surface area contributed by atoms with Gasteiger partial charge in [-0.25, -0.2) is 9.97 Å². The van der Waals surface area contributed by atoms with Crippen LogP contribution in [0.1, 0.15) is 36.9 Å². The van der Waals surface area contributed by atoms with E-state index in [2.05, 4.69) is 21.9 Å². The van der Waals surface area contributed by atoms with Crippen LogP contribution in [0.4, 0.5) is 5.82 Å². The quantitative estimate of drug-likeness (QED) is 0.878. The first kappa shape index (κ1) is 11.9. The van der Waals surface area contributed by atoms with Gasteiger partial charge in [0.25, 0.3) is 0 Å². The first-order valence-electron chi connectivity index (χ1n) is 7.07. The van der Waals surface area contributed by atoms with E-state index in [1.807, 2.05) is 0 Å². The molecule has 0 aromatic carbocycles. The highest BCUT2D eigenvalue weighted by Crippen LogP contribution is 2.34. The van der Waals surface area contributed by atoms with Crippen LogP contribution in [0.5, 0.6) is 0 Å². The van der Waals surface area contributed by atoms with Crippen LogP contribution in [-0.4, -0.2) is 29.6 Å².